The van der Waals surface area contributed by atoms with Crippen molar-refractivity contribution in [3.05, 3.63) is 82.9 Å². The number of rotatable bonds is 7. The number of para-hydroxylation sites is 1. The predicted molar refractivity (Wildman–Crippen MR) is 120 cm³/mol. The molecule has 0 bridgehead atoms. The van der Waals surface area contributed by atoms with E-state index in [4.69, 9.17) is 8.92 Å². The fourth-order valence-corrected chi connectivity index (χ4v) is 4.12. The minimum absolute atomic E-state index is 0.0174. The first-order valence-electron chi connectivity index (χ1n) is 9.52. The van der Waals surface area contributed by atoms with E-state index in [0.717, 1.165) is 5.56 Å². The average molecular weight is 455 g/mol. The number of amides is 1. The smallest absolute Gasteiger partial charge is 0.339 e. The summed E-state index contributed by atoms with van der Waals surface area (Å²) in [5.74, 6) is -0.544. The van der Waals surface area contributed by atoms with Crippen LogP contribution in [0.1, 0.15) is 27.0 Å². The Bertz CT molecular complexity index is 1290. The first-order valence-corrected chi connectivity index (χ1v) is 10.9. The van der Waals surface area contributed by atoms with Gasteiger partial charge in [0, 0.05) is 0 Å². The molecule has 0 spiro atoms. The summed E-state index contributed by atoms with van der Waals surface area (Å²) in [6, 6.07) is 15.7. The topological polar surface area (TPSA) is 114 Å². The number of nitrogens with one attached hydrogen (secondary N) is 1. The van der Waals surface area contributed by atoms with Gasteiger partial charge in [0.25, 0.3) is 5.91 Å². The molecule has 0 heterocycles. The summed E-state index contributed by atoms with van der Waals surface area (Å²) in [5.41, 5.74) is 4.29. The molecule has 8 nitrogen and oxygen atoms in total. The monoisotopic (exact) mass is 454 g/mol. The second kappa shape index (κ2) is 9.52. The molecule has 0 aliphatic rings. The van der Waals surface area contributed by atoms with Gasteiger partial charge in [0.2, 0.25) is 0 Å². The molecule has 0 atom stereocenters. The van der Waals surface area contributed by atoms with Gasteiger partial charge in [-0.15, -0.1) is 0 Å². The van der Waals surface area contributed by atoms with Crippen LogP contribution in [0.3, 0.4) is 0 Å². The number of benzene rings is 3. The summed E-state index contributed by atoms with van der Waals surface area (Å²) in [4.78, 5) is 12.2. The summed E-state index contributed by atoms with van der Waals surface area (Å²) in [6.07, 6.45) is 1.35. The molecule has 9 heteroatoms. The van der Waals surface area contributed by atoms with E-state index in [0.29, 0.717) is 11.1 Å². The van der Waals surface area contributed by atoms with E-state index in [2.05, 4.69) is 10.5 Å². The molecule has 3 aromatic rings. The number of hydrogen-bond donors (Lipinski definition) is 2. The SMILES string of the molecule is COc1cc(/C=N/NC(=O)c2ccccc2O)ccc1OS(=O)(=O)c1cc(C)ccc1C. The zero-order valence-electron chi connectivity index (χ0n) is 17.7. The van der Waals surface area contributed by atoms with E-state index in [-0.39, 0.29) is 27.7 Å². The second-order valence-electron chi connectivity index (χ2n) is 6.93. The van der Waals surface area contributed by atoms with Crippen LogP contribution in [0.25, 0.3) is 0 Å². The first-order chi connectivity index (χ1) is 15.2. The number of phenols is 1. The van der Waals surface area contributed by atoms with Crippen molar-refractivity contribution in [1.29, 1.82) is 0 Å². The fraction of sp³-hybridized carbons (Fsp3) is 0.130. The number of aryl methyl sites for hydroxylation is 2. The molecule has 0 unspecified atom stereocenters. The van der Waals surface area contributed by atoms with Gasteiger partial charge in [0.15, 0.2) is 11.5 Å². The molecule has 3 aromatic carbocycles. The normalized spacial score (nSPS) is 11.3. The van der Waals surface area contributed by atoms with Gasteiger partial charge in [0.05, 0.1) is 18.9 Å². The standard InChI is InChI=1S/C23H22N2O6S/c1-15-8-9-16(2)22(12-15)32(28,29)31-20-11-10-17(13-21(20)30-3)14-24-25-23(27)18-6-4-5-7-19(18)26/h4-14,26H,1-3H3,(H,25,27)/b24-14+. The van der Waals surface area contributed by atoms with E-state index < -0.39 is 16.0 Å². The number of aromatic hydroxyl groups is 1. The molecule has 3 rings (SSSR count). The Morgan fingerprint density at radius 2 is 1.78 bits per heavy atom. The van der Waals surface area contributed by atoms with Crippen LogP contribution in [-0.4, -0.2) is 32.8 Å². The molecule has 0 aliphatic heterocycles. The van der Waals surface area contributed by atoms with Crippen molar-refractivity contribution in [3.63, 3.8) is 0 Å². The molecule has 0 radical (unpaired) electrons. The van der Waals surface area contributed by atoms with Crippen LogP contribution in [-0.2, 0) is 10.1 Å². The van der Waals surface area contributed by atoms with Crippen molar-refractivity contribution in [2.45, 2.75) is 18.7 Å². The Morgan fingerprint density at radius 3 is 2.50 bits per heavy atom. The Hall–Kier alpha value is -3.85. The molecular weight excluding hydrogens is 432 g/mol. The third-order valence-corrected chi connectivity index (χ3v) is 5.91. The zero-order valence-corrected chi connectivity index (χ0v) is 18.5. The molecule has 1 amide bonds. The number of hydrazone groups is 1. The lowest BCUT2D eigenvalue weighted by molar-refractivity contribution is 0.0952. The number of ether oxygens (including phenoxy) is 1. The molecule has 166 valence electrons. The van der Waals surface area contributed by atoms with Gasteiger partial charge >= 0.3 is 10.1 Å². The van der Waals surface area contributed by atoms with Crippen LogP contribution in [0.15, 0.2) is 70.7 Å². The third-order valence-electron chi connectivity index (χ3n) is 4.53. The van der Waals surface area contributed by atoms with Gasteiger partial charge < -0.3 is 14.0 Å². The van der Waals surface area contributed by atoms with Gasteiger partial charge in [-0.05, 0) is 66.9 Å². The highest BCUT2D eigenvalue weighted by atomic mass is 32.2. The molecule has 32 heavy (non-hydrogen) atoms. The minimum atomic E-state index is -4.07. The Labute approximate surface area is 186 Å². The predicted octanol–water partition coefficient (Wildman–Crippen LogP) is 3.55. The van der Waals surface area contributed by atoms with Crippen LogP contribution in [0.4, 0.5) is 0 Å². The second-order valence-corrected chi connectivity index (χ2v) is 8.45. The quantitative estimate of drug-likeness (QED) is 0.321. The maximum atomic E-state index is 12.8. The van der Waals surface area contributed by atoms with Crippen molar-refractivity contribution < 1.29 is 27.2 Å². The summed E-state index contributed by atoms with van der Waals surface area (Å²) in [5, 5.41) is 13.6. The lowest BCUT2D eigenvalue weighted by Crippen LogP contribution is -2.17. The number of phenolic OH excluding ortho intramolecular Hbond substituents is 1. The van der Waals surface area contributed by atoms with Gasteiger partial charge in [-0.2, -0.15) is 13.5 Å². The summed E-state index contributed by atoms with van der Waals surface area (Å²) >= 11 is 0. The highest BCUT2D eigenvalue weighted by molar-refractivity contribution is 7.87. The van der Waals surface area contributed by atoms with Crippen molar-refractivity contribution in [3.8, 4) is 17.2 Å². The van der Waals surface area contributed by atoms with E-state index in [1.807, 2.05) is 6.07 Å². The van der Waals surface area contributed by atoms with E-state index in [1.165, 1.54) is 37.6 Å². The average Bonchev–Trinajstić information content (AvgIpc) is 2.76. The number of hydrogen-bond acceptors (Lipinski definition) is 7. The maximum Gasteiger partial charge on any atom is 0.339 e. The lowest BCUT2D eigenvalue weighted by Gasteiger charge is -2.13. The van der Waals surface area contributed by atoms with Crippen molar-refractivity contribution in [2.24, 2.45) is 5.10 Å². The van der Waals surface area contributed by atoms with Gasteiger partial charge in [-0.3, -0.25) is 4.79 Å². The van der Waals surface area contributed by atoms with E-state index in [1.54, 1.807) is 44.2 Å². The largest absolute Gasteiger partial charge is 0.507 e. The lowest BCUT2D eigenvalue weighted by atomic mass is 10.2. The molecule has 0 saturated heterocycles. The third kappa shape index (κ3) is 5.25. The number of methoxy groups -OCH3 is 1. The van der Waals surface area contributed by atoms with Crippen molar-refractivity contribution in [2.75, 3.05) is 7.11 Å². The van der Waals surface area contributed by atoms with Crippen LogP contribution in [0.2, 0.25) is 0 Å². The molecule has 0 fully saturated rings. The molecule has 2 N–H and O–H groups in total. The minimum Gasteiger partial charge on any atom is -0.507 e. The van der Waals surface area contributed by atoms with Gasteiger partial charge in [0.1, 0.15) is 10.6 Å². The molecule has 0 saturated carbocycles. The van der Waals surface area contributed by atoms with Crippen LogP contribution in [0, 0.1) is 13.8 Å². The molecule has 0 aromatic heterocycles. The summed E-state index contributed by atoms with van der Waals surface area (Å²) in [7, 11) is -2.69. The van der Waals surface area contributed by atoms with Crippen LogP contribution < -0.4 is 14.3 Å². The Morgan fingerprint density at radius 1 is 1.03 bits per heavy atom. The Kier molecular flexibility index (Phi) is 6.79. The zero-order chi connectivity index (χ0) is 23.3. The summed E-state index contributed by atoms with van der Waals surface area (Å²) < 4.78 is 36.1. The number of carbonyl (C=O) groups excluding carboxylic acids is 1. The first kappa shape index (κ1) is 22.8. The maximum absolute atomic E-state index is 12.8. The van der Waals surface area contributed by atoms with Crippen molar-refractivity contribution in [1.82, 2.24) is 5.43 Å². The summed E-state index contributed by atoms with van der Waals surface area (Å²) in [6.45, 7) is 3.49. The molecule has 0 aliphatic carbocycles. The van der Waals surface area contributed by atoms with Crippen LogP contribution in [0.5, 0.6) is 17.2 Å². The number of nitrogens with zero attached hydrogens (tertiary/aromatic N) is 1. The van der Waals surface area contributed by atoms with E-state index >= 15 is 0 Å². The van der Waals surface area contributed by atoms with Gasteiger partial charge in [-0.25, -0.2) is 5.43 Å². The fourth-order valence-electron chi connectivity index (χ4n) is 2.86. The van der Waals surface area contributed by atoms with Gasteiger partial charge in [-0.1, -0.05) is 24.3 Å². The Balaban J connectivity index is 1.77. The highest BCUT2D eigenvalue weighted by Gasteiger charge is 2.21. The number of carbonyl (C=O) groups is 1. The van der Waals surface area contributed by atoms with Crippen LogP contribution >= 0.6 is 0 Å². The van der Waals surface area contributed by atoms with E-state index in [9.17, 15) is 18.3 Å². The molecular formula is C23H22N2O6S. The highest BCUT2D eigenvalue weighted by Crippen LogP contribution is 2.31. The van der Waals surface area contributed by atoms with Crippen molar-refractivity contribution >= 4 is 22.2 Å².